The zero-order chi connectivity index (χ0) is 22.8. The van der Waals surface area contributed by atoms with Crippen LogP contribution in [0.5, 0.6) is 0 Å². The highest BCUT2D eigenvalue weighted by Gasteiger charge is 2.32. The van der Waals surface area contributed by atoms with Crippen molar-refractivity contribution in [1.29, 1.82) is 0 Å². The largest absolute Gasteiger partial charge is 0.354 e. The fraction of sp³-hybridized carbons (Fsp3) is 0.667. The molecule has 4 heterocycles. The average Bonchev–Trinajstić information content (AvgIpc) is 3.57. The lowest BCUT2D eigenvalue weighted by Gasteiger charge is -2.33. The van der Waals surface area contributed by atoms with E-state index in [-0.39, 0.29) is 5.92 Å². The van der Waals surface area contributed by atoms with Gasteiger partial charge in [-0.3, -0.25) is 9.89 Å². The predicted molar refractivity (Wildman–Crippen MR) is 129 cm³/mol. The Morgan fingerprint density at radius 3 is 2.58 bits per heavy atom. The van der Waals surface area contributed by atoms with E-state index in [1.165, 1.54) is 12.8 Å². The molecule has 2 aliphatic heterocycles. The van der Waals surface area contributed by atoms with Crippen molar-refractivity contribution >= 4 is 23.4 Å². The van der Waals surface area contributed by atoms with Crippen LogP contribution in [-0.4, -0.2) is 82.2 Å². The van der Waals surface area contributed by atoms with Gasteiger partial charge in [-0.1, -0.05) is 12.8 Å². The minimum atomic E-state index is 0.258. The Kier molecular flexibility index (Phi) is 6.48. The molecule has 2 aromatic heterocycles. The number of hydrogen-bond donors (Lipinski definition) is 2. The van der Waals surface area contributed by atoms with Crippen molar-refractivity contribution in [2.24, 2.45) is 11.8 Å². The summed E-state index contributed by atoms with van der Waals surface area (Å²) in [5.41, 5.74) is 1.00. The van der Waals surface area contributed by atoms with E-state index in [0.717, 1.165) is 93.9 Å². The number of aromatic nitrogens is 4. The normalized spacial score (nSPS) is 22.3. The summed E-state index contributed by atoms with van der Waals surface area (Å²) in [5, 5.41) is 10.6. The maximum absolute atomic E-state index is 12.9. The lowest BCUT2D eigenvalue weighted by molar-refractivity contribution is -0.134. The van der Waals surface area contributed by atoms with Crippen molar-refractivity contribution in [1.82, 2.24) is 30.0 Å². The van der Waals surface area contributed by atoms with Crippen LogP contribution in [0.25, 0.3) is 0 Å². The highest BCUT2D eigenvalue weighted by molar-refractivity contribution is 5.79. The molecule has 178 valence electrons. The summed E-state index contributed by atoms with van der Waals surface area (Å²) in [7, 11) is 2.16. The summed E-state index contributed by atoms with van der Waals surface area (Å²) in [6.45, 7) is 7.66. The molecule has 0 radical (unpaired) electrons. The van der Waals surface area contributed by atoms with Crippen LogP contribution in [0, 0.1) is 18.8 Å². The zero-order valence-electron chi connectivity index (χ0n) is 19.9. The molecule has 1 saturated carbocycles. The van der Waals surface area contributed by atoms with Crippen LogP contribution in [0.15, 0.2) is 12.1 Å². The van der Waals surface area contributed by atoms with Gasteiger partial charge in [0.15, 0.2) is 5.82 Å². The number of aromatic amines is 1. The number of likely N-dealkylation sites (N-methyl/N-ethyl adjacent to an activating group) is 1. The van der Waals surface area contributed by atoms with Crippen molar-refractivity contribution in [2.45, 2.75) is 45.4 Å². The van der Waals surface area contributed by atoms with E-state index >= 15 is 0 Å². The summed E-state index contributed by atoms with van der Waals surface area (Å²) < 4.78 is 0. The molecule has 1 amide bonds. The molecule has 0 aromatic carbocycles. The van der Waals surface area contributed by atoms with Crippen molar-refractivity contribution in [3.05, 3.63) is 23.7 Å². The number of carbonyl (C=O) groups is 1. The molecule has 9 nitrogen and oxygen atoms in total. The third kappa shape index (κ3) is 5.29. The summed E-state index contributed by atoms with van der Waals surface area (Å²) in [4.78, 5) is 29.4. The predicted octanol–water partition coefficient (Wildman–Crippen LogP) is 2.58. The van der Waals surface area contributed by atoms with Gasteiger partial charge in [0.05, 0.1) is 0 Å². The Hall–Kier alpha value is -2.68. The fourth-order valence-corrected chi connectivity index (χ4v) is 5.34. The Morgan fingerprint density at radius 2 is 1.85 bits per heavy atom. The summed E-state index contributed by atoms with van der Waals surface area (Å²) in [5.74, 6) is 4.40. The third-order valence-corrected chi connectivity index (χ3v) is 7.32. The van der Waals surface area contributed by atoms with E-state index in [1.54, 1.807) is 0 Å². The average molecular weight is 453 g/mol. The van der Waals surface area contributed by atoms with Crippen molar-refractivity contribution in [3.8, 4) is 0 Å². The molecular weight excluding hydrogens is 416 g/mol. The first-order chi connectivity index (χ1) is 16.0. The van der Waals surface area contributed by atoms with Crippen molar-refractivity contribution < 1.29 is 4.79 Å². The molecule has 3 aliphatic rings. The molecule has 3 fully saturated rings. The number of aryl methyl sites for hydroxylation is 1. The number of rotatable bonds is 6. The van der Waals surface area contributed by atoms with E-state index in [9.17, 15) is 4.79 Å². The van der Waals surface area contributed by atoms with E-state index in [1.807, 2.05) is 19.1 Å². The molecule has 2 saturated heterocycles. The first kappa shape index (κ1) is 22.1. The number of nitrogens with zero attached hydrogens (tertiary/aromatic N) is 6. The monoisotopic (exact) mass is 452 g/mol. The summed E-state index contributed by atoms with van der Waals surface area (Å²) >= 11 is 0. The van der Waals surface area contributed by atoms with Gasteiger partial charge in [-0.2, -0.15) is 5.10 Å². The van der Waals surface area contributed by atoms with Gasteiger partial charge in [0.25, 0.3) is 0 Å². The molecule has 1 atom stereocenters. The smallest absolute Gasteiger partial charge is 0.225 e. The molecule has 0 bridgehead atoms. The molecule has 2 N–H and O–H groups in total. The third-order valence-electron chi connectivity index (χ3n) is 7.32. The van der Waals surface area contributed by atoms with E-state index in [4.69, 9.17) is 9.97 Å². The molecule has 1 aliphatic carbocycles. The van der Waals surface area contributed by atoms with Gasteiger partial charge in [0.1, 0.15) is 17.5 Å². The van der Waals surface area contributed by atoms with Crippen LogP contribution in [0.3, 0.4) is 0 Å². The van der Waals surface area contributed by atoms with Crippen LogP contribution in [0.4, 0.5) is 17.5 Å². The fourth-order valence-electron chi connectivity index (χ4n) is 5.34. The molecule has 33 heavy (non-hydrogen) atoms. The van der Waals surface area contributed by atoms with Gasteiger partial charge in [-0.25, -0.2) is 9.97 Å². The number of H-pyrrole nitrogens is 1. The second-order valence-electron chi connectivity index (χ2n) is 10.0. The van der Waals surface area contributed by atoms with Crippen LogP contribution in [0.2, 0.25) is 0 Å². The second kappa shape index (κ2) is 9.67. The highest BCUT2D eigenvalue weighted by atomic mass is 16.2. The quantitative estimate of drug-likeness (QED) is 0.696. The number of likely N-dealkylation sites (tertiary alicyclic amines) is 1. The molecule has 0 unspecified atom stereocenters. The Bertz CT molecular complexity index is 961. The van der Waals surface area contributed by atoms with Crippen LogP contribution >= 0.6 is 0 Å². The van der Waals surface area contributed by atoms with Crippen molar-refractivity contribution in [2.75, 3.05) is 56.5 Å². The maximum atomic E-state index is 12.9. The molecule has 9 heteroatoms. The minimum Gasteiger partial charge on any atom is -0.354 e. The van der Waals surface area contributed by atoms with Crippen LogP contribution in [-0.2, 0) is 11.2 Å². The van der Waals surface area contributed by atoms with Crippen molar-refractivity contribution in [3.63, 3.8) is 0 Å². The van der Waals surface area contributed by atoms with Gasteiger partial charge in [-0.05, 0) is 39.2 Å². The van der Waals surface area contributed by atoms with Gasteiger partial charge in [-0.15, -0.1) is 0 Å². The second-order valence-corrected chi connectivity index (χ2v) is 10.0. The lowest BCUT2D eigenvalue weighted by Crippen LogP contribution is -2.45. The number of piperazine rings is 1. The van der Waals surface area contributed by atoms with Crippen LogP contribution in [0.1, 0.15) is 43.6 Å². The number of hydrogen-bond acceptors (Lipinski definition) is 7. The molecule has 5 rings (SSSR count). The maximum Gasteiger partial charge on any atom is 0.225 e. The van der Waals surface area contributed by atoms with E-state index in [0.29, 0.717) is 11.8 Å². The Morgan fingerprint density at radius 1 is 1.06 bits per heavy atom. The zero-order valence-corrected chi connectivity index (χ0v) is 19.9. The molecule has 2 aromatic rings. The number of nitrogens with one attached hydrogen (secondary N) is 2. The van der Waals surface area contributed by atoms with Gasteiger partial charge in [0, 0.05) is 69.4 Å². The lowest BCUT2D eigenvalue weighted by atomic mass is 10.0. The standard InChI is InChI=1S/C24H36N8O/c1-17-13-22(29-28-17)26-21-15-23(31-11-9-30(2)10-12-31)27-20(25-21)14-18-7-8-32(16-18)24(33)19-5-3-4-6-19/h13,15,18-19H,3-12,14,16H2,1-2H3,(H2,25,26,27,28,29)/t18-/m1/s1. The number of amides is 1. The SMILES string of the molecule is Cc1cc(Nc2cc(N3CCN(C)CC3)nc(C[C@H]3CCN(C(=O)C4CCCC4)C3)n2)n[nH]1. The topological polar surface area (TPSA) is 93.3 Å². The van der Waals surface area contributed by atoms with Crippen LogP contribution < -0.4 is 10.2 Å². The van der Waals surface area contributed by atoms with Gasteiger partial charge < -0.3 is 20.0 Å². The number of carbonyl (C=O) groups excluding carboxylic acids is 1. The minimum absolute atomic E-state index is 0.258. The van der Waals surface area contributed by atoms with Gasteiger partial charge in [0.2, 0.25) is 5.91 Å². The van der Waals surface area contributed by atoms with E-state index < -0.39 is 0 Å². The molecule has 0 spiro atoms. The number of anilines is 3. The van der Waals surface area contributed by atoms with E-state index in [2.05, 4.69) is 37.3 Å². The van der Waals surface area contributed by atoms with Gasteiger partial charge >= 0.3 is 0 Å². The Labute approximate surface area is 196 Å². The Balaban J connectivity index is 1.30. The molecular formula is C24H36N8O. The summed E-state index contributed by atoms with van der Waals surface area (Å²) in [6.07, 6.45) is 6.36. The first-order valence-corrected chi connectivity index (χ1v) is 12.4. The summed E-state index contributed by atoms with van der Waals surface area (Å²) in [6, 6.07) is 4.00. The first-order valence-electron chi connectivity index (χ1n) is 12.4. The highest BCUT2D eigenvalue weighted by Crippen LogP contribution is 2.30.